The summed E-state index contributed by atoms with van der Waals surface area (Å²) in [4.78, 5) is 13.1. The maximum atomic E-state index is 11.7. The molecule has 0 aromatic heterocycles. The Kier molecular flexibility index (Phi) is 5.72. The first-order valence-corrected chi connectivity index (χ1v) is 6.15. The fourth-order valence-electron chi connectivity index (χ4n) is 1.34. The molecule has 0 fully saturated rings. The summed E-state index contributed by atoms with van der Waals surface area (Å²) >= 11 is 11.7. The first-order valence-electron chi connectivity index (χ1n) is 5.40. The summed E-state index contributed by atoms with van der Waals surface area (Å²) in [6.45, 7) is 1.72. The van der Waals surface area contributed by atoms with Crippen molar-refractivity contribution in [2.75, 3.05) is 20.2 Å². The van der Waals surface area contributed by atoms with Crippen LogP contribution in [0.3, 0.4) is 0 Å². The minimum absolute atomic E-state index is 0.150. The summed E-state index contributed by atoms with van der Waals surface area (Å²) in [5.74, 6) is 0.120. The number of amides is 1. The molecule has 0 aliphatic heterocycles. The van der Waals surface area contributed by atoms with Crippen molar-refractivity contribution in [2.24, 2.45) is 0 Å². The molecule has 1 rings (SSSR count). The molecule has 100 valence electrons. The Morgan fingerprint density at radius 1 is 1.50 bits per heavy atom. The molecule has 1 amide bonds. The lowest BCUT2D eigenvalue weighted by Gasteiger charge is -2.19. The van der Waals surface area contributed by atoms with Crippen LogP contribution < -0.4 is 4.74 Å². The van der Waals surface area contributed by atoms with E-state index < -0.39 is 6.10 Å². The molecule has 1 aromatic rings. The number of nitrogens with zero attached hydrogens (tertiary/aromatic N) is 1. The number of hydrogen-bond donors (Lipinski definition) is 1. The maximum absolute atomic E-state index is 11.7. The third-order valence-corrected chi connectivity index (χ3v) is 2.76. The largest absolute Gasteiger partial charge is 0.482 e. The van der Waals surface area contributed by atoms with Crippen molar-refractivity contribution in [3.05, 3.63) is 28.2 Å². The SMILES string of the molecule is CC(O)CN(C)C(=O)COc1cc(Cl)ccc1Cl. The third kappa shape index (κ3) is 4.72. The number of rotatable bonds is 5. The minimum atomic E-state index is -0.575. The van der Waals surface area contributed by atoms with Gasteiger partial charge >= 0.3 is 0 Å². The average Bonchev–Trinajstić information content (AvgIpc) is 2.29. The zero-order valence-corrected chi connectivity index (χ0v) is 11.7. The molecule has 0 spiro atoms. The molecule has 1 aromatic carbocycles. The first-order chi connectivity index (χ1) is 8.40. The van der Waals surface area contributed by atoms with Gasteiger partial charge in [0.05, 0.1) is 11.1 Å². The molecule has 0 radical (unpaired) electrons. The number of hydrogen-bond acceptors (Lipinski definition) is 3. The van der Waals surface area contributed by atoms with Crippen LogP contribution >= 0.6 is 23.2 Å². The summed E-state index contributed by atoms with van der Waals surface area (Å²) < 4.78 is 5.29. The highest BCUT2D eigenvalue weighted by atomic mass is 35.5. The summed E-state index contributed by atoms with van der Waals surface area (Å²) in [5.41, 5.74) is 0. The molecule has 0 bridgehead atoms. The Morgan fingerprint density at radius 3 is 2.78 bits per heavy atom. The van der Waals surface area contributed by atoms with Gasteiger partial charge in [-0.3, -0.25) is 4.79 Å². The fraction of sp³-hybridized carbons (Fsp3) is 0.417. The van der Waals surface area contributed by atoms with E-state index >= 15 is 0 Å². The van der Waals surface area contributed by atoms with Crippen molar-refractivity contribution in [1.82, 2.24) is 4.90 Å². The van der Waals surface area contributed by atoms with E-state index in [2.05, 4.69) is 0 Å². The van der Waals surface area contributed by atoms with E-state index in [1.54, 1.807) is 32.2 Å². The number of carbonyl (C=O) groups is 1. The highest BCUT2D eigenvalue weighted by molar-refractivity contribution is 6.34. The smallest absolute Gasteiger partial charge is 0.260 e. The molecule has 1 unspecified atom stereocenters. The van der Waals surface area contributed by atoms with Crippen LogP contribution in [-0.2, 0) is 4.79 Å². The lowest BCUT2D eigenvalue weighted by atomic mass is 10.3. The van der Waals surface area contributed by atoms with Gasteiger partial charge in [-0.25, -0.2) is 0 Å². The lowest BCUT2D eigenvalue weighted by Crippen LogP contribution is -2.36. The van der Waals surface area contributed by atoms with Crippen molar-refractivity contribution in [2.45, 2.75) is 13.0 Å². The van der Waals surface area contributed by atoms with Crippen molar-refractivity contribution in [3.8, 4) is 5.75 Å². The van der Waals surface area contributed by atoms with Crippen molar-refractivity contribution in [1.29, 1.82) is 0 Å². The highest BCUT2D eigenvalue weighted by Crippen LogP contribution is 2.27. The molecule has 4 nitrogen and oxygen atoms in total. The van der Waals surface area contributed by atoms with E-state index in [-0.39, 0.29) is 19.1 Å². The van der Waals surface area contributed by atoms with Gasteiger partial charge in [0, 0.05) is 24.7 Å². The van der Waals surface area contributed by atoms with Crippen LogP contribution in [0.2, 0.25) is 10.0 Å². The van der Waals surface area contributed by atoms with Crippen molar-refractivity contribution >= 4 is 29.1 Å². The van der Waals surface area contributed by atoms with E-state index in [9.17, 15) is 4.79 Å². The molecule has 0 aliphatic carbocycles. The zero-order valence-electron chi connectivity index (χ0n) is 10.2. The monoisotopic (exact) mass is 291 g/mol. The Morgan fingerprint density at radius 2 is 2.17 bits per heavy atom. The molecule has 18 heavy (non-hydrogen) atoms. The Balaban J connectivity index is 2.54. The minimum Gasteiger partial charge on any atom is -0.482 e. The van der Waals surface area contributed by atoms with Gasteiger partial charge in [0.15, 0.2) is 6.61 Å². The second-order valence-corrected chi connectivity index (χ2v) is 4.83. The van der Waals surface area contributed by atoms with E-state index in [0.29, 0.717) is 15.8 Å². The van der Waals surface area contributed by atoms with Crippen LogP contribution in [0.1, 0.15) is 6.92 Å². The second kappa shape index (κ2) is 6.83. The van der Waals surface area contributed by atoms with Gasteiger partial charge in [-0.1, -0.05) is 23.2 Å². The number of aliphatic hydroxyl groups excluding tert-OH is 1. The van der Waals surface area contributed by atoms with Crippen LogP contribution in [0.15, 0.2) is 18.2 Å². The van der Waals surface area contributed by atoms with E-state index in [0.717, 1.165) is 0 Å². The maximum Gasteiger partial charge on any atom is 0.260 e. The van der Waals surface area contributed by atoms with Crippen LogP contribution in [0.25, 0.3) is 0 Å². The molecule has 1 N–H and O–H groups in total. The standard InChI is InChI=1S/C12H15Cl2NO3/c1-8(16)6-15(2)12(17)7-18-11-5-9(13)3-4-10(11)14/h3-5,8,16H,6-7H2,1-2H3. The summed E-state index contributed by atoms with van der Waals surface area (Å²) in [6.07, 6.45) is -0.575. The van der Waals surface area contributed by atoms with Crippen LogP contribution in [-0.4, -0.2) is 42.2 Å². The molecular formula is C12H15Cl2NO3. The Hall–Kier alpha value is -0.970. The van der Waals surface area contributed by atoms with Gasteiger partial charge in [0.2, 0.25) is 0 Å². The Labute approximate surface area is 116 Å². The number of ether oxygens (including phenoxy) is 1. The molecule has 6 heteroatoms. The zero-order chi connectivity index (χ0) is 13.7. The molecule has 0 aliphatic rings. The molecule has 0 saturated carbocycles. The fourth-order valence-corrected chi connectivity index (χ4v) is 1.67. The van der Waals surface area contributed by atoms with Gasteiger partial charge in [0.25, 0.3) is 5.91 Å². The summed E-state index contributed by atoms with van der Waals surface area (Å²) in [7, 11) is 1.60. The van der Waals surface area contributed by atoms with Gasteiger partial charge < -0.3 is 14.7 Å². The Bertz CT molecular complexity index is 424. The normalized spacial score (nSPS) is 12.1. The molecule has 1 atom stereocenters. The van der Waals surface area contributed by atoms with E-state index in [1.165, 1.54) is 4.90 Å². The molecular weight excluding hydrogens is 277 g/mol. The highest BCUT2D eigenvalue weighted by Gasteiger charge is 2.12. The average molecular weight is 292 g/mol. The van der Waals surface area contributed by atoms with Crippen molar-refractivity contribution in [3.63, 3.8) is 0 Å². The van der Waals surface area contributed by atoms with E-state index in [4.69, 9.17) is 33.0 Å². The topological polar surface area (TPSA) is 49.8 Å². The predicted molar refractivity (Wildman–Crippen MR) is 71.3 cm³/mol. The van der Waals surface area contributed by atoms with Gasteiger partial charge in [-0.2, -0.15) is 0 Å². The van der Waals surface area contributed by atoms with Gasteiger partial charge in [-0.15, -0.1) is 0 Å². The second-order valence-electron chi connectivity index (χ2n) is 3.99. The first kappa shape index (κ1) is 15.1. The van der Waals surface area contributed by atoms with Gasteiger partial charge in [0.1, 0.15) is 5.75 Å². The van der Waals surface area contributed by atoms with Crippen molar-refractivity contribution < 1.29 is 14.6 Å². The van der Waals surface area contributed by atoms with Gasteiger partial charge in [-0.05, 0) is 19.1 Å². The van der Waals surface area contributed by atoms with Crippen LogP contribution in [0, 0.1) is 0 Å². The quantitative estimate of drug-likeness (QED) is 0.905. The number of likely N-dealkylation sites (N-methyl/N-ethyl adjacent to an activating group) is 1. The van der Waals surface area contributed by atoms with Crippen LogP contribution in [0.5, 0.6) is 5.75 Å². The summed E-state index contributed by atoms with van der Waals surface area (Å²) in [6, 6.07) is 4.78. The number of carbonyl (C=O) groups excluding carboxylic acids is 1. The number of benzene rings is 1. The predicted octanol–water partition coefficient (Wildman–Crippen LogP) is 2.21. The number of aliphatic hydroxyl groups is 1. The lowest BCUT2D eigenvalue weighted by molar-refractivity contribution is -0.133. The third-order valence-electron chi connectivity index (χ3n) is 2.21. The molecule has 0 saturated heterocycles. The van der Waals surface area contributed by atoms with Crippen LogP contribution in [0.4, 0.5) is 0 Å². The summed E-state index contributed by atoms with van der Waals surface area (Å²) in [5, 5.41) is 10.0. The van der Waals surface area contributed by atoms with E-state index in [1.807, 2.05) is 0 Å². The molecule has 0 heterocycles. The number of halogens is 2.